The number of aryl methyl sites for hydroxylation is 2. The van der Waals surface area contributed by atoms with Crippen molar-refractivity contribution in [2.45, 2.75) is 46.8 Å². The molecule has 2 heterocycles. The maximum absolute atomic E-state index is 6.13. The average molecular weight is 284 g/mol. The molecule has 0 bridgehead atoms. The molecule has 0 saturated heterocycles. The number of nitrogens with one attached hydrogen (secondary N) is 1. The van der Waals surface area contributed by atoms with E-state index in [4.69, 9.17) is 11.6 Å². The van der Waals surface area contributed by atoms with Crippen molar-refractivity contribution in [1.29, 1.82) is 0 Å². The topological polar surface area (TPSA) is 68.8 Å². The molecule has 104 valence electrons. The van der Waals surface area contributed by atoms with E-state index in [0.717, 1.165) is 34.3 Å². The van der Waals surface area contributed by atoms with Crippen molar-refractivity contribution in [1.82, 2.24) is 25.4 Å². The van der Waals surface area contributed by atoms with Crippen LogP contribution in [0.25, 0.3) is 0 Å². The van der Waals surface area contributed by atoms with Crippen molar-refractivity contribution < 1.29 is 4.63 Å². The SMILES string of the molecule is Cc1nonc1CN[C@H](C)Cn1nc(C)c(Cl)c1C. The average Bonchev–Trinajstić information content (AvgIpc) is 2.87. The van der Waals surface area contributed by atoms with E-state index in [1.807, 2.05) is 25.5 Å². The summed E-state index contributed by atoms with van der Waals surface area (Å²) in [7, 11) is 0. The molecule has 0 aliphatic rings. The molecule has 0 saturated carbocycles. The lowest BCUT2D eigenvalue weighted by Crippen LogP contribution is -2.31. The molecule has 6 nitrogen and oxygen atoms in total. The van der Waals surface area contributed by atoms with Gasteiger partial charge in [0.2, 0.25) is 0 Å². The molecule has 0 aliphatic heterocycles. The second kappa shape index (κ2) is 5.71. The Labute approximate surface area is 117 Å². The van der Waals surface area contributed by atoms with E-state index in [-0.39, 0.29) is 6.04 Å². The van der Waals surface area contributed by atoms with Gasteiger partial charge in [0, 0.05) is 12.6 Å². The van der Waals surface area contributed by atoms with Gasteiger partial charge < -0.3 is 5.32 Å². The largest absolute Gasteiger partial charge is 0.307 e. The van der Waals surface area contributed by atoms with Gasteiger partial charge in [-0.2, -0.15) is 5.10 Å². The number of hydrogen-bond donors (Lipinski definition) is 1. The van der Waals surface area contributed by atoms with Crippen molar-refractivity contribution in [3.8, 4) is 0 Å². The third-order valence-electron chi connectivity index (χ3n) is 3.10. The van der Waals surface area contributed by atoms with Gasteiger partial charge in [-0.15, -0.1) is 0 Å². The Hall–Kier alpha value is -1.40. The van der Waals surface area contributed by atoms with Crippen LogP contribution in [-0.2, 0) is 13.1 Å². The summed E-state index contributed by atoms with van der Waals surface area (Å²) in [6.07, 6.45) is 0. The number of hydrogen-bond acceptors (Lipinski definition) is 5. The molecule has 0 fully saturated rings. The van der Waals surface area contributed by atoms with Gasteiger partial charge >= 0.3 is 0 Å². The molecule has 1 atom stereocenters. The van der Waals surface area contributed by atoms with E-state index in [9.17, 15) is 0 Å². The molecule has 2 rings (SSSR count). The highest BCUT2D eigenvalue weighted by Gasteiger charge is 2.12. The van der Waals surface area contributed by atoms with E-state index in [2.05, 4.69) is 32.3 Å². The highest BCUT2D eigenvalue weighted by molar-refractivity contribution is 6.31. The number of aromatic nitrogens is 4. The lowest BCUT2D eigenvalue weighted by Gasteiger charge is -2.14. The van der Waals surface area contributed by atoms with E-state index < -0.39 is 0 Å². The highest BCUT2D eigenvalue weighted by atomic mass is 35.5. The summed E-state index contributed by atoms with van der Waals surface area (Å²) in [4.78, 5) is 0. The minimum absolute atomic E-state index is 0.241. The monoisotopic (exact) mass is 283 g/mol. The molecule has 19 heavy (non-hydrogen) atoms. The van der Waals surface area contributed by atoms with Gasteiger partial charge in [-0.3, -0.25) is 4.68 Å². The fraction of sp³-hybridized carbons (Fsp3) is 0.583. The van der Waals surface area contributed by atoms with Crippen LogP contribution < -0.4 is 5.32 Å². The van der Waals surface area contributed by atoms with Crippen molar-refractivity contribution in [3.05, 3.63) is 27.8 Å². The Morgan fingerprint density at radius 2 is 2.00 bits per heavy atom. The summed E-state index contributed by atoms with van der Waals surface area (Å²) in [6, 6.07) is 0.241. The first kappa shape index (κ1) is 14.0. The Kier molecular flexibility index (Phi) is 4.21. The number of halogens is 1. The van der Waals surface area contributed by atoms with Gasteiger partial charge in [0.1, 0.15) is 11.4 Å². The van der Waals surface area contributed by atoms with E-state index in [1.54, 1.807) is 0 Å². The molecule has 0 unspecified atom stereocenters. The molecule has 0 spiro atoms. The molecule has 7 heteroatoms. The van der Waals surface area contributed by atoms with E-state index in [0.29, 0.717) is 6.54 Å². The fourth-order valence-corrected chi connectivity index (χ4v) is 1.99. The summed E-state index contributed by atoms with van der Waals surface area (Å²) in [5, 5.41) is 16.1. The maximum Gasteiger partial charge on any atom is 0.121 e. The second-order valence-corrected chi connectivity index (χ2v) is 5.12. The lowest BCUT2D eigenvalue weighted by atomic mass is 10.3. The Balaban J connectivity index is 1.92. The smallest absolute Gasteiger partial charge is 0.121 e. The molecule has 0 amide bonds. The van der Waals surface area contributed by atoms with Crippen molar-refractivity contribution in [2.75, 3.05) is 0 Å². The van der Waals surface area contributed by atoms with Crippen LogP contribution in [0.3, 0.4) is 0 Å². The lowest BCUT2D eigenvalue weighted by molar-refractivity contribution is 0.299. The zero-order chi connectivity index (χ0) is 14.0. The highest BCUT2D eigenvalue weighted by Crippen LogP contribution is 2.19. The van der Waals surface area contributed by atoms with Crippen molar-refractivity contribution >= 4 is 11.6 Å². The third kappa shape index (κ3) is 3.13. The molecular formula is C12H18ClN5O. The number of rotatable bonds is 5. The Morgan fingerprint density at radius 3 is 2.53 bits per heavy atom. The van der Waals surface area contributed by atoms with Crippen LogP contribution in [0.15, 0.2) is 4.63 Å². The van der Waals surface area contributed by atoms with Crippen molar-refractivity contribution in [3.63, 3.8) is 0 Å². The first-order valence-corrected chi connectivity index (χ1v) is 6.57. The summed E-state index contributed by atoms with van der Waals surface area (Å²) in [5.74, 6) is 0. The minimum atomic E-state index is 0.241. The van der Waals surface area contributed by atoms with E-state index in [1.165, 1.54) is 0 Å². The summed E-state index contributed by atoms with van der Waals surface area (Å²) in [5.41, 5.74) is 3.50. The molecular weight excluding hydrogens is 266 g/mol. The van der Waals surface area contributed by atoms with Crippen molar-refractivity contribution in [2.24, 2.45) is 0 Å². The third-order valence-corrected chi connectivity index (χ3v) is 3.65. The second-order valence-electron chi connectivity index (χ2n) is 4.75. The predicted octanol–water partition coefficient (Wildman–Crippen LogP) is 2.02. The molecule has 0 aromatic carbocycles. The van der Waals surface area contributed by atoms with Crippen LogP contribution in [0.2, 0.25) is 5.02 Å². The molecule has 2 aromatic rings. The van der Waals surface area contributed by atoms with Crippen LogP contribution in [0, 0.1) is 20.8 Å². The van der Waals surface area contributed by atoms with E-state index >= 15 is 0 Å². The maximum atomic E-state index is 6.13. The fourth-order valence-electron chi connectivity index (χ4n) is 1.86. The first-order valence-electron chi connectivity index (χ1n) is 6.20. The Bertz CT molecular complexity index is 562. The normalized spacial score (nSPS) is 12.9. The summed E-state index contributed by atoms with van der Waals surface area (Å²) >= 11 is 6.13. The standard InChI is InChI=1S/C12H18ClN5O/c1-7(14-5-11-8(2)16-19-17-11)6-18-10(4)12(13)9(3)15-18/h7,14H,5-6H2,1-4H3/t7-/m1/s1. The van der Waals surface area contributed by atoms with Crippen LogP contribution in [0.4, 0.5) is 0 Å². The first-order chi connectivity index (χ1) is 8.99. The predicted molar refractivity (Wildman–Crippen MR) is 72.0 cm³/mol. The quantitative estimate of drug-likeness (QED) is 0.909. The molecule has 2 aromatic heterocycles. The molecule has 0 radical (unpaired) electrons. The van der Waals surface area contributed by atoms with Crippen LogP contribution in [-0.4, -0.2) is 26.1 Å². The number of nitrogens with zero attached hydrogens (tertiary/aromatic N) is 4. The van der Waals surface area contributed by atoms with Gasteiger partial charge in [0.15, 0.2) is 0 Å². The van der Waals surface area contributed by atoms with Gasteiger partial charge in [0.05, 0.1) is 23.0 Å². The van der Waals surface area contributed by atoms with Gasteiger partial charge in [-0.25, -0.2) is 4.63 Å². The zero-order valence-electron chi connectivity index (χ0n) is 11.6. The molecule has 0 aliphatic carbocycles. The van der Waals surface area contributed by atoms with Crippen LogP contribution in [0.5, 0.6) is 0 Å². The molecule has 1 N–H and O–H groups in total. The summed E-state index contributed by atoms with van der Waals surface area (Å²) < 4.78 is 6.58. The van der Waals surface area contributed by atoms with Gasteiger partial charge in [-0.1, -0.05) is 21.9 Å². The minimum Gasteiger partial charge on any atom is -0.307 e. The summed E-state index contributed by atoms with van der Waals surface area (Å²) in [6.45, 7) is 9.23. The van der Waals surface area contributed by atoms with Crippen LogP contribution >= 0.6 is 11.6 Å². The van der Waals surface area contributed by atoms with Crippen LogP contribution in [0.1, 0.15) is 29.7 Å². The zero-order valence-corrected chi connectivity index (χ0v) is 12.3. The van der Waals surface area contributed by atoms with Gasteiger partial charge in [-0.05, 0) is 27.7 Å². The van der Waals surface area contributed by atoms with Gasteiger partial charge in [0.25, 0.3) is 0 Å². The Morgan fingerprint density at radius 1 is 1.26 bits per heavy atom.